The van der Waals surface area contributed by atoms with Crippen LogP contribution in [0, 0.1) is 13.8 Å². The SMILES string of the molecule is Cc1cc(-c2ccc(N)nc2)cc([C@H]2CCCN(C(=O)CCOc3ccccc3C)C2)n1. The molecule has 0 aliphatic carbocycles. The normalized spacial score (nSPS) is 16.1. The lowest BCUT2D eigenvalue weighted by Gasteiger charge is -2.33. The molecule has 0 saturated carbocycles. The molecule has 0 unspecified atom stereocenters. The van der Waals surface area contributed by atoms with Crippen LogP contribution in [0.25, 0.3) is 11.1 Å². The van der Waals surface area contributed by atoms with Crippen LogP contribution in [0.3, 0.4) is 0 Å². The molecule has 1 aliphatic rings. The summed E-state index contributed by atoms with van der Waals surface area (Å²) in [5, 5.41) is 0. The second-order valence-corrected chi connectivity index (χ2v) is 8.44. The molecule has 2 aromatic heterocycles. The first kappa shape index (κ1) is 21.8. The summed E-state index contributed by atoms with van der Waals surface area (Å²) in [6.45, 7) is 5.89. The number of piperidine rings is 1. The fourth-order valence-corrected chi connectivity index (χ4v) is 4.22. The maximum absolute atomic E-state index is 12.8. The van der Waals surface area contributed by atoms with Crippen LogP contribution in [0.15, 0.2) is 54.7 Å². The zero-order valence-electron chi connectivity index (χ0n) is 18.8. The minimum Gasteiger partial charge on any atom is -0.493 e. The third kappa shape index (κ3) is 5.25. The highest BCUT2D eigenvalue weighted by molar-refractivity contribution is 5.76. The van der Waals surface area contributed by atoms with E-state index in [4.69, 9.17) is 15.5 Å². The van der Waals surface area contributed by atoms with Gasteiger partial charge in [0.1, 0.15) is 11.6 Å². The van der Waals surface area contributed by atoms with Gasteiger partial charge in [0.15, 0.2) is 0 Å². The first-order chi connectivity index (χ1) is 15.5. The summed E-state index contributed by atoms with van der Waals surface area (Å²) < 4.78 is 5.82. The van der Waals surface area contributed by atoms with Crippen molar-refractivity contribution in [2.24, 2.45) is 0 Å². The smallest absolute Gasteiger partial charge is 0.226 e. The van der Waals surface area contributed by atoms with Crippen LogP contribution in [0.4, 0.5) is 5.82 Å². The first-order valence-electron chi connectivity index (χ1n) is 11.2. The number of para-hydroxylation sites is 1. The lowest BCUT2D eigenvalue weighted by atomic mass is 9.92. The number of benzene rings is 1. The zero-order valence-corrected chi connectivity index (χ0v) is 18.8. The standard InChI is InChI=1S/C26H30N4O2/c1-18-6-3-4-8-24(18)32-13-11-26(31)30-12-5-7-21(17-30)23-15-22(14-19(2)29-23)20-9-10-25(27)28-16-20/h3-4,6,8-10,14-16,21H,5,7,11-13,17H2,1-2H3,(H2,27,28)/t21-/m0/s1. The van der Waals surface area contributed by atoms with Crippen molar-refractivity contribution in [3.05, 3.63) is 71.7 Å². The van der Waals surface area contributed by atoms with Gasteiger partial charge in [0.05, 0.1) is 13.0 Å². The number of nitrogens with two attached hydrogens (primary N) is 1. The summed E-state index contributed by atoms with van der Waals surface area (Å²) in [5.74, 6) is 1.71. The highest BCUT2D eigenvalue weighted by Crippen LogP contribution is 2.30. The fraction of sp³-hybridized carbons (Fsp3) is 0.346. The number of nitrogens with zero attached hydrogens (tertiary/aromatic N) is 3. The van der Waals surface area contributed by atoms with E-state index < -0.39 is 0 Å². The van der Waals surface area contributed by atoms with E-state index in [-0.39, 0.29) is 11.8 Å². The zero-order chi connectivity index (χ0) is 22.5. The lowest BCUT2D eigenvalue weighted by molar-refractivity contribution is -0.132. The van der Waals surface area contributed by atoms with E-state index in [0.717, 1.165) is 53.2 Å². The number of rotatable bonds is 6. The van der Waals surface area contributed by atoms with Gasteiger partial charge in [-0.1, -0.05) is 18.2 Å². The molecule has 3 aromatic rings. The van der Waals surface area contributed by atoms with Gasteiger partial charge in [-0.2, -0.15) is 0 Å². The van der Waals surface area contributed by atoms with Crippen molar-refractivity contribution in [3.63, 3.8) is 0 Å². The average molecular weight is 431 g/mol. The average Bonchev–Trinajstić information content (AvgIpc) is 2.80. The van der Waals surface area contributed by atoms with Crippen LogP contribution in [-0.4, -0.2) is 40.5 Å². The summed E-state index contributed by atoms with van der Waals surface area (Å²) in [4.78, 5) is 23.8. The van der Waals surface area contributed by atoms with Gasteiger partial charge in [-0.15, -0.1) is 0 Å². The van der Waals surface area contributed by atoms with E-state index in [0.29, 0.717) is 25.4 Å². The summed E-state index contributed by atoms with van der Waals surface area (Å²) in [6.07, 6.45) is 4.17. The Balaban J connectivity index is 1.40. The molecule has 1 aromatic carbocycles. The van der Waals surface area contributed by atoms with Crippen molar-refractivity contribution in [2.75, 3.05) is 25.4 Å². The number of pyridine rings is 2. The molecule has 0 spiro atoms. The van der Waals surface area contributed by atoms with Gasteiger partial charge < -0.3 is 15.4 Å². The molecule has 4 rings (SSSR count). The first-order valence-corrected chi connectivity index (χ1v) is 11.2. The van der Waals surface area contributed by atoms with Crippen molar-refractivity contribution in [1.82, 2.24) is 14.9 Å². The van der Waals surface area contributed by atoms with Gasteiger partial charge >= 0.3 is 0 Å². The maximum atomic E-state index is 12.8. The predicted molar refractivity (Wildman–Crippen MR) is 126 cm³/mol. The van der Waals surface area contributed by atoms with Crippen molar-refractivity contribution >= 4 is 11.7 Å². The Morgan fingerprint density at radius 1 is 1.16 bits per heavy atom. The number of carbonyl (C=O) groups excluding carboxylic acids is 1. The summed E-state index contributed by atoms with van der Waals surface area (Å²) in [5.41, 5.74) is 10.9. The number of amides is 1. The summed E-state index contributed by atoms with van der Waals surface area (Å²) in [6, 6.07) is 15.9. The number of anilines is 1. The lowest BCUT2D eigenvalue weighted by Crippen LogP contribution is -2.39. The number of carbonyl (C=O) groups is 1. The van der Waals surface area contributed by atoms with E-state index in [9.17, 15) is 4.79 Å². The van der Waals surface area contributed by atoms with Crippen molar-refractivity contribution < 1.29 is 9.53 Å². The number of hydrogen-bond acceptors (Lipinski definition) is 5. The minimum atomic E-state index is 0.138. The van der Waals surface area contributed by atoms with Crippen LogP contribution in [-0.2, 0) is 4.79 Å². The molecule has 166 valence electrons. The van der Waals surface area contributed by atoms with E-state index in [1.54, 1.807) is 6.20 Å². The summed E-state index contributed by atoms with van der Waals surface area (Å²) in [7, 11) is 0. The highest BCUT2D eigenvalue weighted by Gasteiger charge is 2.26. The number of likely N-dealkylation sites (tertiary alicyclic amines) is 1. The molecule has 6 nitrogen and oxygen atoms in total. The van der Waals surface area contributed by atoms with E-state index >= 15 is 0 Å². The van der Waals surface area contributed by atoms with Gasteiger partial charge in [-0.25, -0.2) is 4.98 Å². The van der Waals surface area contributed by atoms with E-state index in [2.05, 4.69) is 17.1 Å². The van der Waals surface area contributed by atoms with Gasteiger partial charge in [-0.3, -0.25) is 9.78 Å². The van der Waals surface area contributed by atoms with E-state index in [1.165, 1.54) is 0 Å². The Labute approximate surface area is 189 Å². The number of nitrogen functional groups attached to an aromatic ring is 1. The molecule has 1 fully saturated rings. The Morgan fingerprint density at radius 3 is 2.78 bits per heavy atom. The van der Waals surface area contributed by atoms with Crippen LogP contribution < -0.4 is 10.5 Å². The topological polar surface area (TPSA) is 81.3 Å². The van der Waals surface area contributed by atoms with Crippen molar-refractivity contribution in [1.29, 1.82) is 0 Å². The number of aromatic nitrogens is 2. The molecule has 0 radical (unpaired) electrons. The Morgan fingerprint density at radius 2 is 2.00 bits per heavy atom. The minimum absolute atomic E-state index is 0.138. The molecule has 1 aliphatic heterocycles. The van der Waals surface area contributed by atoms with Gasteiger partial charge in [0.2, 0.25) is 5.91 Å². The molecule has 32 heavy (non-hydrogen) atoms. The molecule has 1 amide bonds. The monoisotopic (exact) mass is 430 g/mol. The largest absolute Gasteiger partial charge is 0.493 e. The maximum Gasteiger partial charge on any atom is 0.226 e. The van der Waals surface area contributed by atoms with Gasteiger partial charge in [-0.05, 0) is 68.1 Å². The fourth-order valence-electron chi connectivity index (χ4n) is 4.22. The van der Waals surface area contributed by atoms with Crippen LogP contribution in [0.1, 0.15) is 42.1 Å². The van der Waals surface area contributed by atoms with Crippen LogP contribution in [0.2, 0.25) is 0 Å². The van der Waals surface area contributed by atoms with Crippen LogP contribution in [0.5, 0.6) is 5.75 Å². The Bertz CT molecular complexity index is 1080. The summed E-state index contributed by atoms with van der Waals surface area (Å²) >= 11 is 0. The third-order valence-electron chi connectivity index (χ3n) is 5.95. The highest BCUT2D eigenvalue weighted by atomic mass is 16.5. The number of ether oxygens (including phenoxy) is 1. The predicted octanol–water partition coefficient (Wildman–Crippen LogP) is 4.52. The van der Waals surface area contributed by atoms with Crippen LogP contribution >= 0.6 is 0 Å². The van der Waals surface area contributed by atoms with Gasteiger partial charge in [0.25, 0.3) is 0 Å². The number of aryl methyl sites for hydroxylation is 2. The van der Waals surface area contributed by atoms with Crippen molar-refractivity contribution in [3.8, 4) is 16.9 Å². The second kappa shape index (κ2) is 9.81. The quantitative estimate of drug-likeness (QED) is 0.622. The number of hydrogen-bond donors (Lipinski definition) is 1. The third-order valence-corrected chi connectivity index (χ3v) is 5.95. The molecule has 6 heteroatoms. The molecule has 3 heterocycles. The Kier molecular flexibility index (Phi) is 6.69. The van der Waals surface area contributed by atoms with Crippen molar-refractivity contribution in [2.45, 2.75) is 39.0 Å². The van der Waals surface area contributed by atoms with E-state index in [1.807, 2.05) is 55.1 Å². The molecule has 2 N–H and O–H groups in total. The van der Waals surface area contributed by atoms with Gasteiger partial charge in [0, 0.05) is 42.2 Å². The molecule has 1 saturated heterocycles. The molecular weight excluding hydrogens is 400 g/mol. The molecule has 0 bridgehead atoms. The second-order valence-electron chi connectivity index (χ2n) is 8.44. The Hall–Kier alpha value is -3.41. The molecule has 1 atom stereocenters. The molecular formula is C26H30N4O2.